The van der Waals surface area contributed by atoms with E-state index in [0.717, 1.165) is 0 Å². The van der Waals surface area contributed by atoms with E-state index in [1.807, 2.05) is 0 Å². The zero-order valence-electron chi connectivity index (χ0n) is 5.77. The van der Waals surface area contributed by atoms with Crippen LogP contribution in [0.3, 0.4) is 0 Å². The second kappa shape index (κ2) is 3.89. The Balaban J connectivity index is 4.14. The van der Waals surface area contributed by atoms with Crippen LogP contribution in [0.4, 0.5) is 0 Å². The number of likely N-dealkylation sites (N-methyl/N-ethyl adjacent to an activating group) is 1. The SMILES string of the molecule is C=C/C=C(\NC)C(C)=O. The Labute approximate surface area is 55.3 Å². The molecule has 0 amide bonds. The molecule has 0 radical (unpaired) electrons. The summed E-state index contributed by atoms with van der Waals surface area (Å²) in [6, 6.07) is 0. The molecule has 2 heteroatoms. The highest BCUT2D eigenvalue weighted by molar-refractivity contribution is 5.92. The quantitative estimate of drug-likeness (QED) is 0.448. The van der Waals surface area contributed by atoms with Crippen molar-refractivity contribution in [1.82, 2.24) is 5.32 Å². The molecule has 0 aromatic carbocycles. The maximum Gasteiger partial charge on any atom is 0.175 e. The van der Waals surface area contributed by atoms with Crippen molar-refractivity contribution in [2.45, 2.75) is 6.92 Å². The Morgan fingerprint density at radius 2 is 2.22 bits per heavy atom. The van der Waals surface area contributed by atoms with Gasteiger partial charge in [0.05, 0.1) is 5.70 Å². The molecule has 0 atom stereocenters. The van der Waals surface area contributed by atoms with E-state index in [-0.39, 0.29) is 5.78 Å². The number of Topliss-reactive ketones (excluding diaryl/α,β-unsaturated/α-hetero) is 1. The number of hydrogen-bond donors (Lipinski definition) is 1. The lowest BCUT2D eigenvalue weighted by Crippen LogP contribution is -2.12. The van der Waals surface area contributed by atoms with Gasteiger partial charge in [-0.2, -0.15) is 0 Å². The Morgan fingerprint density at radius 3 is 2.33 bits per heavy atom. The molecule has 0 saturated heterocycles. The molecule has 1 N–H and O–H groups in total. The number of allylic oxidation sites excluding steroid dienone is 3. The van der Waals surface area contributed by atoms with Gasteiger partial charge < -0.3 is 5.32 Å². The zero-order chi connectivity index (χ0) is 7.28. The van der Waals surface area contributed by atoms with Gasteiger partial charge in [-0.25, -0.2) is 0 Å². The smallest absolute Gasteiger partial charge is 0.175 e. The molecular formula is C7H11NO. The fourth-order valence-corrected chi connectivity index (χ4v) is 0.495. The van der Waals surface area contributed by atoms with E-state index in [4.69, 9.17) is 0 Å². The molecule has 0 aromatic rings. The molecule has 0 aromatic heterocycles. The van der Waals surface area contributed by atoms with Crippen molar-refractivity contribution in [3.8, 4) is 0 Å². The van der Waals surface area contributed by atoms with Gasteiger partial charge in [-0.3, -0.25) is 4.79 Å². The molecule has 0 aliphatic carbocycles. The fraction of sp³-hybridized carbons (Fsp3) is 0.286. The molecule has 0 fully saturated rings. The van der Waals surface area contributed by atoms with E-state index >= 15 is 0 Å². The van der Waals surface area contributed by atoms with Crippen LogP contribution in [0.5, 0.6) is 0 Å². The largest absolute Gasteiger partial charge is 0.385 e. The number of carbonyl (C=O) groups is 1. The lowest BCUT2D eigenvalue weighted by atomic mass is 10.3. The van der Waals surface area contributed by atoms with Gasteiger partial charge in [-0.05, 0) is 6.08 Å². The van der Waals surface area contributed by atoms with Crippen LogP contribution in [0, 0.1) is 0 Å². The molecule has 0 spiro atoms. The molecular weight excluding hydrogens is 114 g/mol. The van der Waals surface area contributed by atoms with Gasteiger partial charge in [0.25, 0.3) is 0 Å². The first-order valence-electron chi connectivity index (χ1n) is 2.73. The summed E-state index contributed by atoms with van der Waals surface area (Å²) in [5.74, 6) is 0.0254. The third-order valence-electron chi connectivity index (χ3n) is 0.933. The molecule has 0 bridgehead atoms. The minimum absolute atomic E-state index is 0.0254. The predicted octanol–water partition coefficient (Wildman–Crippen LogP) is 0.865. The first-order valence-corrected chi connectivity index (χ1v) is 2.73. The summed E-state index contributed by atoms with van der Waals surface area (Å²) < 4.78 is 0. The monoisotopic (exact) mass is 125 g/mol. The summed E-state index contributed by atoms with van der Waals surface area (Å²) in [7, 11) is 1.71. The molecule has 0 unspecified atom stereocenters. The van der Waals surface area contributed by atoms with E-state index in [0.29, 0.717) is 5.70 Å². The summed E-state index contributed by atoms with van der Waals surface area (Å²) in [6.45, 7) is 4.97. The predicted molar refractivity (Wildman–Crippen MR) is 38.0 cm³/mol. The Kier molecular flexibility index (Phi) is 3.44. The van der Waals surface area contributed by atoms with E-state index < -0.39 is 0 Å². The van der Waals surface area contributed by atoms with Gasteiger partial charge in [-0.1, -0.05) is 12.7 Å². The first-order chi connectivity index (χ1) is 4.22. The van der Waals surface area contributed by atoms with Gasteiger partial charge in [0.2, 0.25) is 0 Å². The van der Waals surface area contributed by atoms with Gasteiger partial charge >= 0.3 is 0 Å². The van der Waals surface area contributed by atoms with Crippen LogP contribution in [-0.2, 0) is 4.79 Å². The van der Waals surface area contributed by atoms with Crippen molar-refractivity contribution >= 4 is 5.78 Å². The van der Waals surface area contributed by atoms with Gasteiger partial charge in [0, 0.05) is 14.0 Å². The number of ketones is 1. The van der Waals surface area contributed by atoms with Crippen molar-refractivity contribution in [1.29, 1.82) is 0 Å². The van der Waals surface area contributed by atoms with E-state index in [1.165, 1.54) is 6.92 Å². The topological polar surface area (TPSA) is 29.1 Å². The van der Waals surface area contributed by atoms with Crippen LogP contribution < -0.4 is 5.32 Å². The summed E-state index contributed by atoms with van der Waals surface area (Å²) >= 11 is 0. The molecule has 0 aliphatic rings. The molecule has 0 heterocycles. The lowest BCUT2D eigenvalue weighted by Gasteiger charge is -1.97. The summed E-state index contributed by atoms with van der Waals surface area (Å²) in [5.41, 5.74) is 0.588. The third-order valence-corrected chi connectivity index (χ3v) is 0.933. The summed E-state index contributed by atoms with van der Waals surface area (Å²) in [5, 5.41) is 2.74. The Hall–Kier alpha value is -1.05. The highest BCUT2D eigenvalue weighted by atomic mass is 16.1. The van der Waals surface area contributed by atoms with E-state index in [9.17, 15) is 4.79 Å². The fourth-order valence-electron chi connectivity index (χ4n) is 0.495. The Bertz CT molecular complexity index is 147. The van der Waals surface area contributed by atoms with Crippen LogP contribution in [0.15, 0.2) is 24.4 Å². The normalized spacial score (nSPS) is 10.7. The minimum Gasteiger partial charge on any atom is -0.385 e. The van der Waals surface area contributed by atoms with Crippen LogP contribution in [0.25, 0.3) is 0 Å². The average molecular weight is 125 g/mol. The first kappa shape index (κ1) is 7.95. The van der Waals surface area contributed by atoms with Gasteiger partial charge in [0.15, 0.2) is 5.78 Å². The second-order valence-corrected chi connectivity index (χ2v) is 1.62. The van der Waals surface area contributed by atoms with Gasteiger partial charge in [-0.15, -0.1) is 0 Å². The molecule has 50 valence electrons. The molecule has 9 heavy (non-hydrogen) atoms. The van der Waals surface area contributed by atoms with Gasteiger partial charge in [0.1, 0.15) is 0 Å². The van der Waals surface area contributed by atoms with Crippen LogP contribution in [0.1, 0.15) is 6.92 Å². The standard InChI is InChI=1S/C7H11NO/c1-4-5-7(8-3)6(2)9/h4-5,8H,1H2,2-3H3/b7-5-. The average Bonchev–Trinajstić information content (AvgIpc) is 1.82. The van der Waals surface area contributed by atoms with Crippen molar-refractivity contribution in [3.63, 3.8) is 0 Å². The van der Waals surface area contributed by atoms with Crippen LogP contribution in [-0.4, -0.2) is 12.8 Å². The van der Waals surface area contributed by atoms with E-state index in [2.05, 4.69) is 11.9 Å². The minimum atomic E-state index is 0.0254. The molecule has 2 nitrogen and oxygen atoms in total. The van der Waals surface area contributed by atoms with Crippen LogP contribution >= 0.6 is 0 Å². The van der Waals surface area contributed by atoms with E-state index in [1.54, 1.807) is 19.2 Å². The number of hydrogen-bond acceptors (Lipinski definition) is 2. The van der Waals surface area contributed by atoms with Crippen molar-refractivity contribution < 1.29 is 4.79 Å². The van der Waals surface area contributed by atoms with Crippen molar-refractivity contribution in [2.24, 2.45) is 0 Å². The highest BCUT2D eigenvalue weighted by Crippen LogP contribution is 1.88. The lowest BCUT2D eigenvalue weighted by molar-refractivity contribution is -0.113. The number of carbonyl (C=O) groups excluding carboxylic acids is 1. The Morgan fingerprint density at radius 1 is 1.67 bits per heavy atom. The van der Waals surface area contributed by atoms with Crippen molar-refractivity contribution in [3.05, 3.63) is 24.4 Å². The van der Waals surface area contributed by atoms with Crippen molar-refractivity contribution in [2.75, 3.05) is 7.05 Å². The summed E-state index contributed by atoms with van der Waals surface area (Å²) in [6.07, 6.45) is 3.22. The maximum atomic E-state index is 10.6. The maximum absolute atomic E-state index is 10.6. The zero-order valence-corrected chi connectivity index (χ0v) is 5.77. The summed E-state index contributed by atoms with van der Waals surface area (Å²) in [4.78, 5) is 10.6. The number of rotatable bonds is 3. The molecule has 0 rings (SSSR count). The molecule has 0 aliphatic heterocycles. The number of nitrogens with one attached hydrogen (secondary N) is 1. The molecule has 0 saturated carbocycles. The third kappa shape index (κ3) is 2.69. The van der Waals surface area contributed by atoms with Crippen LogP contribution in [0.2, 0.25) is 0 Å². The second-order valence-electron chi connectivity index (χ2n) is 1.62. The highest BCUT2D eigenvalue weighted by Gasteiger charge is 1.95.